The van der Waals surface area contributed by atoms with Gasteiger partial charge in [0.15, 0.2) is 5.96 Å². The molecule has 0 heterocycles. The largest absolute Gasteiger partial charge is 0.370 e. The van der Waals surface area contributed by atoms with E-state index in [2.05, 4.69) is 40.6 Å². The Kier molecular flexibility index (Phi) is 6.53. The van der Waals surface area contributed by atoms with Gasteiger partial charge in [0.2, 0.25) is 0 Å². The van der Waals surface area contributed by atoms with Crippen molar-refractivity contribution in [1.82, 2.24) is 5.32 Å². The number of benzene rings is 1. The molecule has 0 radical (unpaired) electrons. The van der Waals surface area contributed by atoms with E-state index in [-0.39, 0.29) is 24.0 Å². The van der Waals surface area contributed by atoms with Crippen LogP contribution in [0.5, 0.6) is 0 Å². The van der Waals surface area contributed by atoms with Gasteiger partial charge in [-0.3, -0.25) is 4.99 Å². The Morgan fingerprint density at radius 1 is 1.14 bits per heavy atom. The number of hydrogen-bond donors (Lipinski definition) is 2. The molecular weight excluding hydrogens is 385 g/mol. The fraction of sp³-hybridized carbons (Fsp3) is 0.611. The first kappa shape index (κ1) is 17.6. The molecule has 0 amide bonds. The van der Waals surface area contributed by atoms with Gasteiger partial charge in [-0.2, -0.15) is 0 Å². The molecule has 2 saturated carbocycles. The van der Waals surface area contributed by atoms with E-state index < -0.39 is 0 Å². The van der Waals surface area contributed by atoms with Gasteiger partial charge in [0.05, 0.1) is 0 Å². The molecule has 0 saturated heterocycles. The molecule has 3 nitrogen and oxygen atoms in total. The highest BCUT2D eigenvalue weighted by atomic mass is 127. The third-order valence-electron chi connectivity index (χ3n) is 4.92. The van der Waals surface area contributed by atoms with Crippen LogP contribution in [0.4, 0.5) is 0 Å². The predicted octanol–water partition coefficient (Wildman–Crippen LogP) is 3.86. The second kappa shape index (κ2) is 8.18. The first-order valence-corrected chi connectivity index (χ1v) is 8.36. The summed E-state index contributed by atoms with van der Waals surface area (Å²) >= 11 is 0. The van der Waals surface area contributed by atoms with Gasteiger partial charge in [-0.15, -0.1) is 24.0 Å². The molecule has 0 atom stereocenters. The van der Waals surface area contributed by atoms with Crippen molar-refractivity contribution in [3.63, 3.8) is 0 Å². The number of nitrogens with zero attached hydrogens (tertiary/aromatic N) is 1. The SMILES string of the molecule is I.NC(=NCC1(Cc2ccccc2)CC1)NC1CCCCC1. The number of rotatable bonds is 5. The number of aliphatic imine (C=N–C) groups is 1. The Morgan fingerprint density at radius 3 is 2.45 bits per heavy atom. The number of nitrogens with one attached hydrogen (secondary N) is 1. The molecule has 0 aromatic heterocycles. The topological polar surface area (TPSA) is 50.4 Å². The van der Waals surface area contributed by atoms with Gasteiger partial charge in [0.25, 0.3) is 0 Å². The molecule has 0 bridgehead atoms. The van der Waals surface area contributed by atoms with Crippen LogP contribution in [-0.2, 0) is 6.42 Å². The van der Waals surface area contributed by atoms with Gasteiger partial charge in [0, 0.05) is 12.6 Å². The minimum Gasteiger partial charge on any atom is -0.370 e. The molecule has 0 unspecified atom stereocenters. The predicted molar refractivity (Wildman–Crippen MR) is 104 cm³/mol. The quantitative estimate of drug-likeness (QED) is 0.438. The van der Waals surface area contributed by atoms with Crippen molar-refractivity contribution in [2.24, 2.45) is 16.1 Å². The second-order valence-electron chi connectivity index (χ2n) is 6.84. The molecule has 2 fully saturated rings. The third kappa shape index (κ3) is 5.14. The molecule has 1 aromatic rings. The van der Waals surface area contributed by atoms with Gasteiger partial charge in [0.1, 0.15) is 0 Å². The van der Waals surface area contributed by atoms with Gasteiger partial charge < -0.3 is 11.1 Å². The molecular formula is C18H28IN3. The van der Waals surface area contributed by atoms with Crippen LogP contribution in [-0.4, -0.2) is 18.5 Å². The van der Waals surface area contributed by atoms with Crippen LogP contribution in [0.1, 0.15) is 50.5 Å². The fourth-order valence-corrected chi connectivity index (χ4v) is 3.35. The number of nitrogens with two attached hydrogens (primary N) is 1. The molecule has 22 heavy (non-hydrogen) atoms. The Morgan fingerprint density at radius 2 is 1.82 bits per heavy atom. The summed E-state index contributed by atoms with van der Waals surface area (Å²) in [5.41, 5.74) is 7.87. The van der Waals surface area contributed by atoms with Crippen LogP contribution < -0.4 is 11.1 Å². The lowest BCUT2D eigenvalue weighted by Crippen LogP contribution is -2.41. The molecule has 0 aliphatic heterocycles. The maximum absolute atomic E-state index is 6.07. The van der Waals surface area contributed by atoms with E-state index in [1.807, 2.05) is 0 Å². The fourth-order valence-electron chi connectivity index (χ4n) is 3.35. The summed E-state index contributed by atoms with van der Waals surface area (Å²) in [6, 6.07) is 11.3. The average Bonchev–Trinajstić information content (AvgIpc) is 3.27. The van der Waals surface area contributed by atoms with Crippen LogP contribution in [0.15, 0.2) is 35.3 Å². The molecule has 3 N–H and O–H groups in total. The Bertz CT molecular complexity index is 476. The van der Waals surface area contributed by atoms with Crippen LogP contribution in [0.25, 0.3) is 0 Å². The second-order valence-corrected chi connectivity index (χ2v) is 6.84. The van der Waals surface area contributed by atoms with E-state index in [4.69, 9.17) is 5.73 Å². The van der Waals surface area contributed by atoms with Gasteiger partial charge in [-0.25, -0.2) is 0 Å². The monoisotopic (exact) mass is 413 g/mol. The van der Waals surface area contributed by atoms with Crippen molar-refractivity contribution < 1.29 is 0 Å². The molecule has 1 aromatic carbocycles. The summed E-state index contributed by atoms with van der Waals surface area (Å²) in [6.07, 6.45) is 10.2. The van der Waals surface area contributed by atoms with Crippen molar-refractivity contribution >= 4 is 29.9 Å². The lowest BCUT2D eigenvalue weighted by Gasteiger charge is -2.23. The zero-order valence-electron chi connectivity index (χ0n) is 13.3. The molecule has 3 rings (SSSR count). The summed E-state index contributed by atoms with van der Waals surface area (Å²) in [7, 11) is 0. The summed E-state index contributed by atoms with van der Waals surface area (Å²) in [6.45, 7) is 0.868. The molecule has 4 heteroatoms. The maximum Gasteiger partial charge on any atom is 0.188 e. The van der Waals surface area contributed by atoms with E-state index in [1.54, 1.807) is 0 Å². The third-order valence-corrected chi connectivity index (χ3v) is 4.92. The van der Waals surface area contributed by atoms with Crippen LogP contribution in [0, 0.1) is 5.41 Å². The standard InChI is InChI=1S/C18H27N3.HI/c19-17(21-16-9-5-2-6-10-16)20-14-18(11-12-18)13-15-7-3-1-4-8-15;/h1,3-4,7-8,16H,2,5-6,9-14H2,(H3,19,20,21);1H. The summed E-state index contributed by atoms with van der Waals surface area (Å²) in [5.74, 6) is 0.654. The molecule has 122 valence electrons. The smallest absolute Gasteiger partial charge is 0.188 e. The number of halogens is 1. The van der Waals surface area contributed by atoms with E-state index >= 15 is 0 Å². The Labute approximate surface area is 151 Å². The van der Waals surface area contributed by atoms with Crippen molar-refractivity contribution in [1.29, 1.82) is 0 Å². The maximum atomic E-state index is 6.07. The first-order valence-electron chi connectivity index (χ1n) is 8.36. The lowest BCUT2D eigenvalue weighted by molar-refractivity contribution is 0.411. The number of guanidine groups is 1. The normalized spacial score (nSPS) is 21.0. The van der Waals surface area contributed by atoms with E-state index in [0.717, 1.165) is 13.0 Å². The molecule has 2 aliphatic rings. The van der Waals surface area contributed by atoms with Crippen molar-refractivity contribution in [3.8, 4) is 0 Å². The van der Waals surface area contributed by atoms with Gasteiger partial charge in [-0.05, 0) is 43.1 Å². The zero-order chi connectivity index (χ0) is 14.5. The van der Waals surface area contributed by atoms with E-state index in [0.29, 0.717) is 17.4 Å². The van der Waals surface area contributed by atoms with Crippen LogP contribution >= 0.6 is 24.0 Å². The van der Waals surface area contributed by atoms with E-state index in [9.17, 15) is 0 Å². The van der Waals surface area contributed by atoms with Crippen molar-refractivity contribution in [2.75, 3.05) is 6.54 Å². The van der Waals surface area contributed by atoms with Crippen LogP contribution in [0.2, 0.25) is 0 Å². The highest BCUT2D eigenvalue weighted by Crippen LogP contribution is 2.48. The minimum atomic E-state index is 0. The molecule has 0 spiro atoms. The highest BCUT2D eigenvalue weighted by molar-refractivity contribution is 14.0. The van der Waals surface area contributed by atoms with Crippen LogP contribution in [0.3, 0.4) is 0 Å². The summed E-state index contributed by atoms with van der Waals surface area (Å²) < 4.78 is 0. The Hall–Kier alpha value is -0.780. The van der Waals surface area contributed by atoms with Crippen molar-refractivity contribution in [3.05, 3.63) is 35.9 Å². The zero-order valence-corrected chi connectivity index (χ0v) is 15.6. The average molecular weight is 413 g/mol. The first-order chi connectivity index (χ1) is 10.3. The lowest BCUT2D eigenvalue weighted by atomic mass is 9.95. The van der Waals surface area contributed by atoms with Gasteiger partial charge >= 0.3 is 0 Å². The number of hydrogen-bond acceptors (Lipinski definition) is 1. The Balaban J connectivity index is 0.00000176. The molecule has 2 aliphatic carbocycles. The van der Waals surface area contributed by atoms with E-state index in [1.165, 1.54) is 50.5 Å². The van der Waals surface area contributed by atoms with Crippen molar-refractivity contribution in [2.45, 2.75) is 57.4 Å². The van der Waals surface area contributed by atoms with Gasteiger partial charge in [-0.1, -0.05) is 49.6 Å². The summed E-state index contributed by atoms with van der Waals surface area (Å²) in [5, 5.41) is 3.41. The highest BCUT2D eigenvalue weighted by Gasteiger charge is 2.42. The minimum absolute atomic E-state index is 0. The summed E-state index contributed by atoms with van der Waals surface area (Å²) in [4.78, 5) is 4.63.